The van der Waals surface area contributed by atoms with Gasteiger partial charge in [-0.05, 0) is 48.2 Å². The van der Waals surface area contributed by atoms with Crippen LogP contribution in [0.5, 0.6) is 17.2 Å². The molecule has 2 aromatic rings. The highest BCUT2D eigenvalue weighted by atomic mass is 35.5. The number of hydrogen-bond acceptors (Lipinski definition) is 4. The summed E-state index contributed by atoms with van der Waals surface area (Å²) in [5.74, 6) is 1.91. The Bertz CT molecular complexity index is 754. The maximum Gasteiger partial charge on any atom is 0.203 e. The summed E-state index contributed by atoms with van der Waals surface area (Å²) in [4.78, 5) is 2.31. The number of hydrogen-bond donors (Lipinski definition) is 0. The van der Waals surface area contributed by atoms with E-state index < -0.39 is 0 Å². The lowest BCUT2D eigenvalue weighted by atomic mass is 10.0. The molecule has 0 fully saturated rings. The average molecular weight is 382 g/mol. The summed E-state index contributed by atoms with van der Waals surface area (Å²) in [6.07, 6.45) is 2.09. The Morgan fingerprint density at radius 3 is 2.16 bits per heavy atom. The van der Waals surface area contributed by atoms with Gasteiger partial charge < -0.3 is 19.1 Å². The molecule has 6 heteroatoms. The summed E-state index contributed by atoms with van der Waals surface area (Å²) in [5.41, 5.74) is 3.44. The van der Waals surface area contributed by atoms with Crippen LogP contribution in [0.3, 0.4) is 0 Å². The fourth-order valence-electron chi connectivity index (χ4n) is 3.26. The van der Waals surface area contributed by atoms with E-state index >= 15 is 0 Å². The van der Waals surface area contributed by atoms with Crippen molar-refractivity contribution in [3.05, 3.63) is 45.4 Å². The van der Waals surface area contributed by atoms with Gasteiger partial charge in [0.25, 0.3) is 0 Å². The van der Waals surface area contributed by atoms with Crippen LogP contribution in [0, 0.1) is 0 Å². The van der Waals surface area contributed by atoms with E-state index in [-0.39, 0.29) is 0 Å². The number of rotatable bonds is 5. The first-order valence-corrected chi connectivity index (χ1v) is 8.84. The van der Waals surface area contributed by atoms with Crippen LogP contribution in [-0.2, 0) is 13.0 Å². The minimum atomic E-state index is 0.581. The summed E-state index contributed by atoms with van der Waals surface area (Å²) >= 11 is 12.4. The van der Waals surface area contributed by atoms with Crippen LogP contribution in [-0.4, -0.2) is 27.9 Å². The van der Waals surface area contributed by atoms with Crippen molar-refractivity contribution in [3.8, 4) is 17.2 Å². The van der Waals surface area contributed by atoms with Crippen LogP contribution in [0.2, 0.25) is 10.0 Å². The van der Waals surface area contributed by atoms with Gasteiger partial charge in [0, 0.05) is 18.8 Å². The predicted molar refractivity (Wildman–Crippen MR) is 102 cm³/mol. The number of anilines is 1. The molecule has 0 aliphatic carbocycles. The first kappa shape index (κ1) is 18.0. The van der Waals surface area contributed by atoms with E-state index in [0.717, 1.165) is 37.2 Å². The molecule has 134 valence electrons. The quantitative estimate of drug-likeness (QED) is 0.731. The van der Waals surface area contributed by atoms with Crippen LogP contribution >= 0.6 is 23.2 Å². The van der Waals surface area contributed by atoms with E-state index in [1.165, 1.54) is 5.56 Å². The largest absolute Gasteiger partial charge is 0.493 e. The number of nitrogens with zero attached hydrogens (tertiary/aromatic N) is 1. The maximum absolute atomic E-state index is 6.23. The van der Waals surface area contributed by atoms with Crippen LogP contribution < -0.4 is 19.1 Å². The Morgan fingerprint density at radius 1 is 0.920 bits per heavy atom. The van der Waals surface area contributed by atoms with Gasteiger partial charge in [-0.25, -0.2) is 0 Å². The van der Waals surface area contributed by atoms with Gasteiger partial charge in [-0.1, -0.05) is 23.2 Å². The highest BCUT2D eigenvalue weighted by Gasteiger charge is 2.21. The van der Waals surface area contributed by atoms with E-state index in [4.69, 9.17) is 37.4 Å². The standard InChI is InChI=1S/C19H21Cl2NO3/c1-23-17-7-12(8-18(24-2)19(17)25-3)11-22-6-4-5-13-9-14(20)15(21)10-16(13)22/h7-10H,4-6,11H2,1-3H3. The molecule has 0 bridgehead atoms. The highest BCUT2D eigenvalue weighted by Crippen LogP contribution is 2.40. The van der Waals surface area contributed by atoms with Crippen LogP contribution in [0.15, 0.2) is 24.3 Å². The van der Waals surface area contributed by atoms with Crippen molar-refractivity contribution in [2.75, 3.05) is 32.8 Å². The molecule has 4 nitrogen and oxygen atoms in total. The average Bonchev–Trinajstić information content (AvgIpc) is 2.62. The van der Waals surface area contributed by atoms with Crippen molar-refractivity contribution >= 4 is 28.9 Å². The Hall–Kier alpha value is -1.78. The first-order valence-electron chi connectivity index (χ1n) is 8.09. The van der Waals surface area contributed by atoms with Crippen molar-refractivity contribution in [3.63, 3.8) is 0 Å². The minimum Gasteiger partial charge on any atom is -0.493 e. The molecule has 1 heterocycles. The van der Waals surface area contributed by atoms with Gasteiger partial charge >= 0.3 is 0 Å². The third-order valence-electron chi connectivity index (χ3n) is 4.43. The summed E-state index contributed by atoms with van der Waals surface area (Å²) in [7, 11) is 4.85. The van der Waals surface area contributed by atoms with Crippen molar-refractivity contribution in [1.82, 2.24) is 0 Å². The lowest BCUT2D eigenvalue weighted by Gasteiger charge is -2.32. The van der Waals surface area contributed by atoms with Crippen molar-refractivity contribution < 1.29 is 14.2 Å². The number of ether oxygens (including phenoxy) is 3. The molecule has 0 N–H and O–H groups in total. The summed E-state index contributed by atoms with van der Waals surface area (Å²) in [5, 5.41) is 1.19. The lowest BCUT2D eigenvalue weighted by Crippen LogP contribution is -2.28. The zero-order chi connectivity index (χ0) is 18.0. The SMILES string of the molecule is COc1cc(CN2CCCc3cc(Cl)c(Cl)cc32)cc(OC)c1OC. The Kier molecular flexibility index (Phi) is 5.50. The van der Waals surface area contributed by atoms with E-state index in [1.807, 2.05) is 24.3 Å². The number of benzene rings is 2. The molecule has 0 amide bonds. The molecule has 2 aromatic carbocycles. The molecule has 1 aliphatic heterocycles. The maximum atomic E-state index is 6.23. The topological polar surface area (TPSA) is 30.9 Å². The van der Waals surface area contributed by atoms with Gasteiger partial charge in [-0.2, -0.15) is 0 Å². The Balaban J connectivity index is 1.95. The van der Waals surface area contributed by atoms with E-state index in [2.05, 4.69) is 4.90 Å². The van der Waals surface area contributed by atoms with Crippen LogP contribution in [0.25, 0.3) is 0 Å². The molecule has 25 heavy (non-hydrogen) atoms. The second kappa shape index (κ2) is 7.63. The van der Waals surface area contributed by atoms with Crippen molar-refractivity contribution in [1.29, 1.82) is 0 Å². The normalized spacial score (nSPS) is 13.4. The third-order valence-corrected chi connectivity index (χ3v) is 5.16. The molecule has 0 spiro atoms. The van der Waals surface area contributed by atoms with Crippen molar-refractivity contribution in [2.24, 2.45) is 0 Å². The highest BCUT2D eigenvalue weighted by molar-refractivity contribution is 6.42. The first-order chi connectivity index (χ1) is 12.1. The minimum absolute atomic E-state index is 0.581. The molecular formula is C19H21Cl2NO3. The predicted octanol–water partition coefficient (Wildman–Crippen LogP) is 4.97. The zero-order valence-electron chi connectivity index (χ0n) is 14.6. The van der Waals surface area contributed by atoms with Gasteiger partial charge in [0.2, 0.25) is 5.75 Å². The Morgan fingerprint density at radius 2 is 1.56 bits per heavy atom. The third kappa shape index (κ3) is 3.60. The van der Waals surface area contributed by atoms with Gasteiger partial charge in [0.15, 0.2) is 11.5 Å². The Labute approximate surface area is 158 Å². The summed E-state index contributed by atoms with van der Waals surface area (Å²) in [6, 6.07) is 7.89. The summed E-state index contributed by atoms with van der Waals surface area (Å²) in [6.45, 7) is 1.68. The molecule has 0 atom stereocenters. The number of methoxy groups -OCH3 is 3. The second-order valence-electron chi connectivity index (χ2n) is 5.95. The number of halogens is 2. The zero-order valence-corrected chi connectivity index (χ0v) is 16.1. The molecule has 0 unspecified atom stereocenters. The molecule has 0 aromatic heterocycles. The molecule has 3 rings (SSSR count). The monoisotopic (exact) mass is 381 g/mol. The van der Waals surface area contributed by atoms with Crippen molar-refractivity contribution in [2.45, 2.75) is 19.4 Å². The molecule has 0 saturated heterocycles. The van der Waals surface area contributed by atoms with E-state index in [0.29, 0.717) is 27.3 Å². The fourth-order valence-corrected chi connectivity index (χ4v) is 3.61. The number of fused-ring (bicyclic) bond motifs is 1. The fraction of sp³-hybridized carbons (Fsp3) is 0.368. The summed E-state index contributed by atoms with van der Waals surface area (Å²) < 4.78 is 16.3. The smallest absolute Gasteiger partial charge is 0.203 e. The molecule has 0 saturated carbocycles. The lowest BCUT2D eigenvalue weighted by molar-refractivity contribution is 0.323. The van der Waals surface area contributed by atoms with E-state index in [1.54, 1.807) is 21.3 Å². The molecule has 0 radical (unpaired) electrons. The van der Waals surface area contributed by atoms with E-state index in [9.17, 15) is 0 Å². The van der Waals surface area contributed by atoms with Gasteiger partial charge in [-0.3, -0.25) is 0 Å². The number of aryl methyl sites for hydroxylation is 1. The molecule has 1 aliphatic rings. The second-order valence-corrected chi connectivity index (χ2v) is 6.77. The van der Waals surface area contributed by atoms with Gasteiger partial charge in [0.1, 0.15) is 0 Å². The van der Waals surface area contributed by atoms with Gasteiger partial charge in [-0.15, -0.1) is 0 Å². The van der Waals surface area contributed by atoms with Crippen LogP contribution in [0.4, 0.5) is 5.69 Å². The van der Waals surface area contributed by atoms with Gasteiger partial charge in [0.05, 0.1) is 31.4 Å². The molecular weight excluding hydrogens is 361 g/mol. The van der Waals surface area contributed by atoms with Crippen LogP contribution in [0.1, 0.15) is 17.5 Å².